The Morgan fingerprint density at radius 1 is 0.962 bits per heavy atom. The number of hydrogen-bond acceptors (Lipinski definition) is 4. The van der Waals surface area contributed by atoms with E-state index < -0.39 is 0 Å². The number of methoxy groups -OCH3 is 2. The molecule has 0 radical (unpaired) electrons. The van der Waals surface area contributed by atoms with Crippen molar-refractivity contribution in [3.8, 4) is 17.2 Å². The van der Waals surface area contributed by atoms with E-state index in [4.69, 9.17) is 14.2 Å². The molecule has 140 valence electrons. The van der Waals surface area contributed by atoms with Crippen molar-refractivity contribution < 1.29 is 14.2 Å². The molecular formula is C20H27N3O3. The predicted molar refractivity (Wildman–Crippen MR) is 104 cm³/mol. The van der Waals surface area contributed by atoms with E-state index in [1.807, 2.05) is 55.5 Å². The Labute approximate surface area is 155 Å². The molecule has 0 saturated heterocycles. The van der Waals surface area contributed by atoms with Gasteiger partial charge >= 0.3 is 0 Å². The SMILES string of the molecule is CN=C(NCc1ccccc1OC)NCC(C)Oc1ccc(OC)cc1. The minimum Gasteiger partial charge on any atom is -0.497 e. The molecule has 1 atom stereocenters. The second-order valence-electron chi connectivity index (χ2n) is 5.72. The van der Waals surface area contributed by atoms with Crippen LogP contribution in [0.2, 0.25) is 0 Å². The van der Waals surface area contributed by atoms with E-state index in [-0.39, 0.29) is 6.10 Å². The Bertz CT molecular complexity index is 702. The van der Waals surface area contributed by atoms with Crippen LogP contribution in [0.15, 0.2) is 53.5 Å². The lowest BCUT2D eigenvalue weighted by Crippen LogP contribution is -2.41. The van der Waals surface area contributed by atoms with Crippen LogP contribution in [-0.4, -0.2) is 39.9 Å². The third-order valence-corrected chi connectivity index (χ3v) is 3.82. The summed E-state index contributed by atoms with van der Waals surface area (Å²) in [6, 6.07) is 15.4. The van der Waals surface area contributed by atoms with Gasteiger partial charge in [0.15, 0.2) is 5.96 Å². The van der Waals surface area contributed by atoms with Gasteiger partial charge in [-0.1, -0.05) is 18.2 Å². The Hall–Kier alpha value is -2.89. The fourth-order valence-corrected chi connectivity index (χ4v) is 2.42. The summed E-state index contributed by atoms with van der Waals surface area (Å²) in [7, 11) is 5.06. The van der Waals surface area contributed by atoms with E-state index in [0.29, 0.717) is 19.0 Å². The van der Waals surface area contributed by atoms with Crippen molar-refractivity contribution in [3.63, 3.8) is 0 Å². The van der Waals surface area contributed by atoms with Crippen molar-refractivity contribution in [1.82, 2.24) is 10.6 Å². The molecule has 1 unspecified atom stereocenters. The zero-order valence-corrected chi connectivity index (χ0v) is 15.8. The molecule has 0 fully saturated rings. The topological polar surface area (TPSA) is 64.1 Å². The van der Waals surface area contributed by atoms with Gasteiger partial charge in [-0.15, -0.1) is 0 Å². The largest absolute Gasteiger partial charge is 0.497 e. The molecule has 6 heteroatoms. The second-order valence-corrected chi connectivity index (χ2v) is 5.72. The molecule has 2 aromatic carbocycles. The summed E-state index contributed by atoms with van der Waals surface area (Å²) < 4.78 is 16.4. The summed E-state index contributed by atoms with van der Waals surface area (Å²) in [5.41, 5.74) is 1.07. The zero-order valence-electron chi connectivity index (χ0n) is 15.8. The highest BCUT2D eigenvalue weighted by Gasteiger charge is 2.07. The molecule has 0 saturated carbocycles. The molecule has 26 heavy (non-hydrogen) atoms. The number of ether oxygens (including phenoxy) is 3. The smallest absolute Gasteiger partial charge is 0.191 e. The van der Waals surface area contributed by atoms with Gasteiger partial charge in [0.05, 0.1) is 20.8 Å². The van der Waals surface area contributed by atoms with E-state index in [1.165, 1.54) is 0 Å². The van der Waals surface area contributed by atoms with Gasteiger partial charge in [0.1, 0.15) is 23.4 Å². The first-order valence-corrected chi connectivity index (χ1v) is 8.53. The summed E-state index contributed by atoms with van der Waals surface area (Å²) in [4.78, 5) is 4.24. The van der Waals surface area contributed by atoms with Gasteiger partial charge in [0.25, 0.3) is 0 Å². The quantitative estimate of drug-likeness (QED) is 0.562. The van der Waals surface area contributed by atoms with Crippen LogP contribution < -0.4 is 24.8 Å². The van der Waals surface area contributed by atoms with Gasteiger partial charge < -0.3 is 24.8 Å². The highest BCUT2D eigenvalue weighted by Crippen LogP contribution is 2.18. The molecular weight excluding hydrogens is 330 g/mol. The van der Waals surface area contributed by atoms with Gasteiger partial charge in [-0.2, -0.15) is 0 Å². The number of nitrogens with one attached hydrogen (secondary N) is 2. The molecule has 0 bridgehead atoms. The number of aliphatic imine (C=N–C) groups is 1. The Kier molecular flexibility index (Phi) is 7.61. The van der Waals surface area contributed by atoms with Gasteiger partial charge in [-0.05, 0) is 37.3 Å². The fraction of sp³-hybridized carbons (Fsp3) is 0.350. The maximum atomic E-state index is 5.89. The molecule has 0 aliphatic carbocycles. The molecule has 2 aromatic rings. The van der Waals surface area contributed by atoms with Gasteiger partial charge in [-0.3, -0.25) is 4.99 Å². The van der Waals surface area contributed by atoms with Gasteiger partial charge in [0.2, 0.25) is 0 Å². The molecule has 6 nitrogen and oxygen atoms in total. The molecule has 2 rings (SSSR count). The maximum Gasteiger partial charge on any atom is 0.191 e. The maximum absolute atomic E-state index is 5.89. The minimum absolute atomic E-state index is 0.0202. The van der Waals surface area contributed by atoms with Crippen LogP contribution in [0.25, 0.3) is 0 Å². The molecule has 0 heterocycles. The van der Waals surface area contributed by atoms with Gasteiger partial charge in [0, 0.05) is 19.2 Å². The van der Waals surface area contributed by atoms with Gasteiger partial charge in [-0.25, -0.2) is 0 Å². The molecule has 0 aromatic heterocycles. The van der Waals surface area contributed by atoms with E-state index in [0.717, 1.165) is 22.8 Å². The average molecular weight is 357 g/mol. The first kappa shape index (κ1) is 19.4. The lowest BCUT2D eigenvalue weighted by atomic mass is 10.2. The number of rotatable bonds is 8. The Morgan fingerprint density at radius 3 is 2.31 bits per heavy atom. The summed E-state index contributed by atoms with van der Waals surface area (Å²) in [5.74, 6) is 3.17. The van der Waals surface area contributed by atoms with Crippen molar-refractivity contribution in [2.24, 2.45) is 4.99 Å². The molecule has 0 amide bonds. The molecule has 0 aliphatic rings. The van der Waals surface area contributed by atoms with Crippen LogP contribution in [-0.2, 0) is 6.54 Å². The van der Waals surface area contributed by atoms with E-state index in [9.17, 15) is 0 Å². The third-order valence-electron chi connectivity index (χ3n) is 3.82. The van der Waals surface area contributed by atoms with Crippen molar-refractivity contribution in [1.29, 1.82) is 0 Å². The lowest BCUT2D eigenvalue weighted by Gasteiger charge is -2.18. The average Bonchev–Trinajstić information content (AvgIpc) is 2.69. The number of hydrogen-bond donors (Lipinski definition) is 2. The van der Waals surface area contributed by atoms with Crippen molar-refractivity contribution in [2.75, 3.05) is 27.8 Å². The molecule has 2 N–H and O–H groups in total. The van der Waals surface area contributed by atoms with Crippen LogP contribution in [0.3, 0.4) is 0 Å². The monoisotopic (exact) mass is 357 g/mol. The normalized spacial score (nSPS) is 12.2. The standard InChI is InChI=1S/C20H27N3O3/c1-15(26-18-11-9-17(24-3)10-12-18)13-22-20(21-2)23-14-16-7-5-6-8-19(16)25-4/h5-12,15H,13-14H2,1-4H3,(H2,21,22,23). The molecule has 0 spiro atoms. The highest BCUT2D eigenvalue weighted by molar-refractivity contribution is 5.79. The van der Waals surface area contributed by atoms with E-state index >= 15 is 0 Å². The van der Waals surface area contributed by atoms with Crippen LogP contribution in [0, 0.1) is 0 Å². The van der Waals surface area contributed by atoms with Crippen molar-refractivity contribution in [2.45, 2.75) is 19.6 Å². The Balaban J connectivity index is 1.80. The third kappa shape index (κ3) is 5.88. The summed E-state index contributed by atoms with van der Waals surface area (Å²) >= 11 is 0. The summed E-state index contributed by atoms with van der Waals surface area (Å²) in [6.45, 7) is 3.25. The van der Waals surface area contributed by atoms with Crippen LogP contribution in [0.5, 0.6) is 17.2 Å². The first-order chi connectivity index (χ1) is 12.7. The van der Waals surface area contributed by atoms with Crippen molar-refractivity contribution in [3.05, 3.63) is 54.1 Å². The fourth-order valence-electron chi connectivity index (χ4n) is 2.42. The summed E-state index contributed by atoms with van der Waals surface area (Å²) in [6.07, 6.45) is -0.0202. The molecule has 0 aliphatic heterocycles. The first-order valence-electron chi connectivity index (χ1n) is 8.53. The number of para-hydroxylation sites is 1. The van der Waals surface area contributed by atoms with E-state index in [1.54, 1.807) is 21.3 Å². The zero-order chi connectivity index (χ0) is 18.8. The number of guanidine groups is 1. The van der Waals surface area contributed by atoms with Crippen LogP contribution in [0.1, 0.15) is 12.5 Å². The van der Waals surface area contributed by atoms with E-state index in [2.05, 4.69) is 15.6 Å². The van der Waals surface area contributed by atoms with Crippen LogP contribution >= 0.6 is 0 Å². The van der Waals surface area contributed by atoms with Crippen molar-refractivity contribution >= 4 is 5.96 Å². The van der Waals surface area contributed by atoms with Crippen LogP contribution in [0.4, 0.5) is 0 Å². The number of nitrogens with zero attached hydrogens (tertiary/aromatic N) is 1. The summed E-state index contributed by atoms with van der Waals surface area (Å²) in [5, 5.41) is 6.55. The predicted octanol–water partition coefficient (Wildman–Crippen LogP) is 2.84. The second kappa shape index (κ2) is 10.2. The number of benzene rings is 2. The lowest BCUT2D eigenvalue weighted by molar-refractivity contribution is 0.223. The minimum atomic E-state index is -0.0202. The Morgan fingerprint density at radius 2 is 1.65 bits per heavy atom. The highest BCUT2D eigenvalue weighted by atomic mass is 16.5.